The third kappa shape index (κ3) is 4.53. The van der Waals surface area contributed by atoms with Crippen LogP contribution in [0.25, 0.3) is 16.4 Å². The van der Waals surface area contributed by atoms with E-state index in [0.29, 0.717) is 33.7 Å². The molecule has 0 aliphatic carbocycles. The van der Waals surface area contributed by atoms with Crippen molar-refractivity contribution in [3.63, 3.8) is 0 Å². The number of hydrogen-bond acceptors (Lipinski definition) is 7. The van der Waals surface area contributed by atoms with Gasteiger partial charge in [-0.05, 0) is 50.2 Å². The number of hydrogen-bond donors (Lipinski definition) is 1. The van der Waals surface area contributed by atoms with Gasteiger partial charge in [-0.1, -0.05) is 23.7 Å². The fourth-order valence-electron chi connectivity index (χ4n) is 2.90. The number of thiazole rings is 1. The number of aromatic amines is 1. The van der Waals surface area contributed by atoms with Crippen LogP contribution < -0.4 is 5.56 Å². The predicted molar refractivity (Wildman–Crippen MR) is 124 cm³/mol. The molecule has 0 spiro atoms. The van der Waals surface area contributed by atoms with Gasteiger partial charge in [-0.3, -0.25) is 9.89 Å². The van der Waals surface area contributed by atoms with Crippen molar-refractivity contribution in [1.82, 2.24) is 14.8 Å². The zero-order valence-electron chi connectivity index (χ0n) is 17.2. The first-order valence-electron chi connectivity index (χ1n) is 9.68. The van der Waals surface area contributed by atoms with E-state index in [1.54, 1.807) is 50.2 Å². The average molecular weight is 468 g/mol. The highest BCUT2D eigenvalue weighted by atomic mass is 35.5. The second-order valence-electron chi connectivity index (χ2n) is 6.72. The van der Waals surface area contributed by atoms with E-state index in [4.69, 9.17) is 16.3 Å². The van der Waals surface area contributed by atoms with Crippen LogP contribution in [0.2, 0.25) is 5.02 Å². The van der Waals surface area contributed by atoms with Crippen LogP contribution in [0.15, 0.2) is 68.9 Å². The van der Waals surface area contributed by atoms with E-state index >= 15 is 0 Å². The van der Waals surface area contributed by atoms with Crippen LogP contribution in [-0.2, 0) is 4.74 Å². The summed E-state index contributed by atoms with van der Waals surface area (Å²) in [7, 11) is 0. The van der Waals surface area contributed by atoms with Crippen molar-refractivity contribution in [2.24, 2.45) is 10.2 Å². The number of halogens is 1. The molecular weight excluding hydrogens is 450 g/mol. The molecule has 0 amide bonds. The summed E-state index contributed by atoms with van der Waals surface area (Å²) < 4.78 is 6.30. The Kier molecular flexibility index (Phi) is 6.29. The molecule has 162 valence electrons. The monoisotopic (exact) mass is 467 g/mol. The van der Waals surface area contributed by atoms with Crippen molar-refractivity contribution >= 4 is 40.3 Å². The number of aromatic nitrogens is 3. The first kappa shape index (κ1) is 21.7. The number of rotatable bonds is 6. The maximum Gasteiger partial charge on any atom is 0.338 e. The Balaban J connectivity index is 1.57. The van der Waals surface area contributed by atoms with E-state index in [9.17, 15) is 9.59 Å². The molecule has 32 heavy (non-hydrogen) atoms. The molecule has 0 atom stereocenters. The molecule has 4 aromatic rings. The number of azo groups is 1. The summed E-state index contributed by atoms with van der Waals surface area (Å²) in [5.74, 6) is -0.401. The fraction of sp³-hybridized carbons (Fsp3) is 0.136. The van der Waals surface area contributed by atoms with E-state index in [-0.39, 0.29) is 11.2 Å². The van der Waals surface area contributed by atoms with Gasteiger partial charge >= 0.3 is 11.5 Å². The quantitative estimate of drug-likeness (QED) is 0.284. The van der Waals surface area contributed by atoms with E-state index < -0.39 is 5.97 Å². The molecule has 0 bridgehead atoms. The molecule has 2 heterocycles. The van der Waals surface area contributed by atoms with E-state index in [1.165, 1.54) is 16.0 Å². The van der Waals surface area contributed by atoms with Crippen molar-refractivity contribution < 1.29 is 9.53 Å². The lowest BCUT2D eigenvalue weighted by Crippen LogP contribution is -2.13. The molecule has 0 aliphatic rings. The molecule has 0 aliphatic heterocycles. The summed E-state index contributed by atoms with van der Waals surface area (Å²) in [6, 6.07) is 13.8. The van der Waals surface area contributed by atoms with Gasteiger partial charge in [-0.25, -0.2) is 9.78 Å². The van der Waals surface area contributed by atoms with Crippen molar-refractivity contribution in [3.05, 3.63) is 80.5 Å². The van der Waals surface area contributed by atoms with Crippen LogP contribution in [0.4, 0.5) is 11.4 Å². The number of nitrogens with zero attached hydrogens (tertiary/aromatic N) is 4. The first-order valence-corrected chi connectivity index (χ1v) is 10.9. The maximum absolute atomic E-state index is 12.9. The molecule has 0 unspecified atom stereocenters. The Morgan fingerprint density at radius 1 is 1.16 bits per heavy atom. The normalized spacial score (nSPS) is 11.2. The molecule has 2 aromatic carbocycles. The van der Waals surface area contributed by atoms with Gasteiger partial charge in [-0.15, -0.1) is 16.5 Å². The zero-order valence-corrected chi connectivity index (χ0v) is 18.8. The fourth-order valence-corrected chi connectivity index (χ4v) is 3.81. The highest BCUT2D eigenvalue weighted by Crippen LogP contribution is 2.26. The zero-order chi connectivity index (χ0) is 22.7. The number of carbonyl (C=O) groups excluding carboxylic acids is 1. The van der Waals surface area contributed by atoms with E-state index in [2.05, 4.69) is 20.3 Å². The summed E-state index contributed by atoms with van der Waals surface area (Å²) in [4.78, 5) is 29.2. The Morgan fingerprint density at radius 2 is 1.88 bits per heavy atom. The summed E-state index contributed by atoms with van der Waals surface area (Å²) in [5.41, 5.74) is 2.96. The van der Waals surface area contributed by atoms with Crippen molar-refractivity contribution in [3.8, 4) is 16.4 Å². The smallest absolute Gasteiger partial charge is 0.338 e. The van der Waals surface area contributed by atoms with Gasteiger partial charge in [-0.2, -0.15) is 9.80 Å². The van der Waals surface area contributed by atoms with Crippen molar-refractivity contribution in [2.45, 2.75) is 13.8 Å². The maximum atomic E-state index is 12.9. The predicted octanol–water partition coefficient (Wildman–Crippen LogP) is 5.84. The van der Waals surface area contributed by atoms with Crippen LogP contribution >= 0.6 is 22.9 Å². The molecule has 0 saturated heterocycles. The highest BCUT2D eigenvalue weighted by molar-refractivity contribution is 7.12. The van der Waals surface area contributed by atoms with Gasteiger partial charge in [0.05, 0.1) is 29.2 Å². The molecular formula is C22H18ClN5O3S. The minimum absolute atomic E-state index is 0.183. The second kappa shape index (κ2) is 9.29. The first-order chi connectivity index (χ1) is 15.5. The van der Waals surface area contributed by atoms with E-state index in [0.717, 1.165) is 11.3 Å². The van der Waals surface area contributed by atoms with Gasteiger partial charge in [0, 0.05) is 16.0 Å². The van der Waals surface area contributed by atoms with Gasteiger partial charge in [0.2, 0.25) is 5.13 Å². The van der Waals surface area contributed by atoms with Crippen LogP contribution in [-0.4, -0.2) is 27.3 Å². The van der Waals surface area contributed by atoms with Gasteiger partial charge < -0.3 is 4.74 Å². The molecule has 8 nitrogen and oxygen atoms in total. The minimum atomic E-state index is -0.401. The second-order valence-corrected chi connectivity index (χ2v) is 7.99. The molecule has 0 fully saturated rings. The summed E-state index contributed by atoms with van der Waals surface area (Å²) >= 11 is 7.27. The lowest BCUT2D eigenvalue weighted by atomic mass is 10.2. The third-order valence-corrected chi connectivity index (χ3v) is 5.59. The average Bonchev–Trinajstić information content (AvgIpc) is 3.38. The standard InChI is InChI=1S/C22H18ClN5O3S/c1-3-31-21(30)15-6-10-17(11-7-15)25-26-19-13(2)27-28(20(19)29)22-24-18(12-32-22)14-4-8-16(23)9-5-14/h4-12,27H,3H2,1-2H3. The van der Waals surface area contributed by atoms with Crippen LogP contribution in [0.3, 0.4) is 0 Å². The molecule has 0 radical (unpaired) electrons. The molecule has 4 rings (SSSR count). The van der Waals surface area contributed by atoms with Crippen molar-refractivity contribution in [1.29, 1.82) is 0 Å². The van der Waals surface area contributed by atoms with Gasteiger partial charge in [0.15, 0.2) is 5.69 Å². The lowest BCUT2D eigenvalue weighted by molar-refractivity contribution is 0.0526. The van der Waals surface area contributed by atoms with Crippen molar-refractivity contribution in [2.75, 3.05) is 6.61 Å². The van der Waals surface area contributed by atoms with Crippen LogP contribution in [0.5, 0.6) is 0 Å². The number of aryl methyl sites for hydroxylation is 1. The highest BCUT2D eigenvalue weighted by Gasteiger charge is 2.15. The number of esters is 1. The summed E-state index contributed by atoms with van der Waals surface area (Å²) in [6.07, 6.45) is 0. The van der Waals surface area contributed by atoms with Gasteiger partial charge in [0.1, 0.15) is 0 Å². The number of H-pyrrole nitrogens is 1. The Labute approximate surface area is 192 Å². The Morgan fingerprint density at radius 3 is 2.56 bits per heavy atom. The lowest BCUT2D eigenvalue weighted by Gasteiger charge is -2.00. The molecule has 10 heteroatoms. The number of benzene rings is 2. The van der Waals surface area contributed by atoms with Gasteiger partial charge in [0.25, 0.3) is 0 Å². The largest absolute Gasteiger partial charge is 0.462 e. The molecule has 2 aromatic heterocycles. The Bertz CT molecular complexity index is 1340. The summed E-state index contributed by atoms with van der Waals surface area (Å²) in [6.45, 7) is 3.79. The SMILES string of the molecule is CCOC(=O)c1ccc(N=Nc2c(C)[nH]n(-c3nc(-c4ccc(Cl)cc4)cs3)c2=O)cc1. The van der Waals surface area contributed by atoms with E-state index in [1.807, 2.05) is 17.5 Å². The third-order valence-electron chi connectivity index (χ3n) is 4.51. The van der Waals surface area contributed by atoms with Crippen LogP contribution in [0, 0.1) is 6.92 Å². The number of nitrogens with one attached hydrogen (secondary N) is 1. The number of carbonyl (C=O) groups is 1. The molecule has 0 saturated carbocycles. The Hall–Kier alpha value is -3.56. The minimum Gasteiger partial charge on any atom is -0.462 e. The topological polar surface area (TPSA) is 102 Å². The molecule has 1 N–H and O–H groups in total. The summed E-state index contributed by atoms with van der Waals surface area (Å²) in [5, 5.41) is 14.2. The van der Waals surface area contributed by atoms with Crippen LogP contribution in [0.1, 0.15) is 23.0 Å². The number of ether oxygens (including phenoxy) is 1.